The lowest BCUT2D eigenvalue weighted by molar-refractivity contribution is 0.102. The Hall–Kier alpha value is -4.08. The van der Waals surface area contributed by atoms with Crippen LogP contribution in [0.4, 0.5) is 5.82 Å². The minimum Gasteiger partial charge on any atom is -0.332 e. The SMILES string of the molecule is CCn1cc(C(=O)Nc2cc(C(C)(C)C)nn2-c2nc3c(c(=O)[nH]2)CCCC3)c(=O)c2ccc(C)nc21. The van der Waals surface area contributed by atoms with Crippen molar-refractivity contribution in [1.82, 2.24) is 29.3 Å². The minimum atomic E-state index is -0.573. The van der Waals surface area contributed by atoms with Crippen LogP contribution in [0.3, 0.4) is 0 Å². The topological polar surface area (TPSA) is 128 Å². The molecule has 37 heavy (non-hydrogen) atoms. The molecule has 1 aliphatic carbocycles. The molecule has 0 saturated carbocycles. The highest BCUT2D eigenvalue weighted by Crippen LogP contribution is 2.26. The zero-order valence-corrected chi connectivity index (χ0v) is 21.8. The molecule has 2 N–H and O–H groups in total. The number of H-pyrrole nitrogens is 1. The van der Waals surface area contributed by atoms with Gasteiger partial charge in [0.05, 0.1) is 16.8 Å². The van der Waals surface area contributed by atoms with E-state index in [0.717, 1.165) is 30.7 Å². The number of carbonyl (C=O) groups excluding carboxylic acids is 1. The van der Waals surface area contributed by atoms with Crippen molar-refractivity contribution in [2.75, 3.05) is 5.32 Å². The second-order valence-corrected chi connectivity index (χ2v) is 10.5. The summed E-state index contributed by atoms with van der Waals surface area (Å²) in [5, 5.41) is 7.91. The first-order valence-corrected chi connectivity index (χ1v) is 12.6. The number of carbonyl (C=O) groups is 1. The van der Waals surface area contributed by atoms with Gasteiger partial charge in [-0.3, -0.25) is 19.4 Å². The summed E-state index contributed by atoms with van der Waals surface area (Å²) >= 11 is 0. The van der Waals surface area contributed by atoms with E-state index in [2.05, 4.69) is 20.4 Å². The number of nitrogens with zero attached hydrogens (tertiary/aromatic N) is 5. The fourth-order valence-electron chi connectivity index (χ4n) is 4.63. The molecular weight excluding hydrogens is 470 g/mol. The molecule has 0 aliphatic heterocycles. The Morgan fingerprint density at radius 1 is 1.14 bits per heavy atom. The first-order chi connectivity index (χ1) is 17.6. The predicted octanol–water partition coefficient (Wildman–Crippen LogP) is 3.42. The van der Waals surface area contributed by atoms with Crippen LogP contribution < -0.4 is 16.3 Å². The van der Waals surface area contributed by atoms with Gasteiger partial charge in [0, 0.05) is 35.5 Å². The maximum absolute atomic E-state index is 13.5. The minimum absolute atomic E-state index is 0.00282. The largest absolute Gasteiger partial charge is 0.332 e. The van der Waals surface area contributed by atoms with E-state index in [9.17, 15) is 14.4 Å². The van der Waals surface area contributed by atoms with Crippen molar-refractivity contribution in [3.8, 4) is 5.95 Å². The molecule has 0 bridgehead atoms. The molecule has 0 atom stereocenters. The van der Waals surface area contributed by atoms with Gasteiger partial charge in [-0.2, -0.15) is 9.78 Å². The number of aromatic amines is 1. The quantitative estimate of drug-likeness (QED) is 0.441. The van der Waals surface area contributed by atoms with Crippen LogP contribution in [0.2, 0.25) is 0 Å². The summed E-state index contributed by atoms with van der Waals surface area (Å²) in [6.45, 7) is 10.3. The number of hydrogen-bond donors (Lipinski definition) is 2. The number of aryl methyl sites for hydroxylation is 3. The van der Waals surface area contributed by atoms with Gasteiger partial charge in [0.2, 0.25) is 11.4 Å². The van der Waals surface area contributed by atoms with Crippen molar-refractivity contribution in [2.45, 2.75) is 72.3 Å². The van der Waals surface area contributed by atoms with Crippen LogP contribution >= 0.6 is 0 Å². The third-order valence-corrected chi connectivity index (χ3v) is 6.74. The van der Waals surface area contributed by atoms with E-state index in [-0.39, 0.29) is 22.5 Å². The summed E-state index contributed by atoms with van der Waals surface area (Å²) < 4.78 is 3.23. The highest BCUT2D eigenvalue weighted by Gasteiger charge is 2.25. The molecule has 4 heterocycles. The van der Waals surface area contributed by atoms with Crippen LogP contribution in [0.25, 0.3) is 17.0 Å². The maximum atomic E-state index is 13.5. The van der Waals surface area contributed by atoms with Crippen LogP contribution in [-0.4, -0.2) is 35.2 Å². The van der Waals surface area contributed by atoms with E-state index < -0.39 is 11.3 Å². The summed E-state index contributed by atoms with van der Waals surface area (Å²) in [7, 11) is 0. The molecule has 0 fully saturated rings. The first kappa shape index (κ1) is 24.6. The summed E-state index contributed by atoms with van der Waals surface area (Å²) in [6, 6.07) is 5.21. The fourth-order valence-corrected chi connectivity index (χ4v) is 4.63. The molecule has 0 spiro atoms. The van der Waals surface area contributed by atoms with E-state index in [4.69, 9.17) is 4.98 Å². The van der Waals surface area contributed by atoms with Crippen LogP contribution in [0.1, 0.15) is 73.5 Å². The van der Waals surface area contributed by atoms with Gasteiger partial charge >= 0.3 is 0 Å². The normalized spacial score (nSPS) is 13.5. The summed E-state index contributed by atoms with van der Waals surface area (Å²) in [5.41, 5.74) is 2.59. The molecule has 4 aromatic rings. The lowest BCUT2D eigenvalue weighted by atomic mass is 9.92. The number of pyridine rings is 2. The fraction of sp³-hybridized carbons (Fsp3) is 0.407. The molecule has 10 nitrogen and oxygen atoms in total. The van der Waals surface area contributed by atoms with Gasteiger partial charge in [-0.15, -0.1) is 0 Å². The van der Waals surface area contributed by atoms with Crippen molar-refractivity contribution in [2.24, 2.45) is 0 Å². The van der Waals surface area contributed by atoms with Crippen LogP contribution in [0.15, 0.2) is 34.0 Å². The van der Waals surface area contributed by atoms with Gasteiger partial charge in [0.25, 0.3) is 11.5 Å². The van der Waals surface area contributed by atoms with E-state index in [0.29, 0.717) is 41.1 Å². The molecule has 0 radical (unpaired) electrons. The van der Waals surface area contributed by atoms with Crippen LogP contribution in [0, 0.1) is 6.92 Å². The van der Waals surface area contributed by atoms with Crippen molar-refractivity contribution in [3.05, 3.63) is 73.2 Å². The first-order valence-electron chi connectivity index (χ1n) is 12.6. The molecule has 10 heteroatoms. The molecule has 1 aliphatic rings. The molecule has 5 rings (SSSR count). The lowest BCUT2D eigenvalue weighted by Crippen LogP contribution is -2.27. The number of amides is 1. The number of aromatic nitrogens is 6. The Morgan fingerprint density at radius 3 is 2.62 bits per heavy atom. The van der Waals surface area contributed by atoms with Gasteiger partial charge < -0.3 is 9.88 Å². The van der Waals surface area contributed by atoms with E-state index in [1.807, 2.05) is 34.6 Å². The van der Waals surface area contributed by atoms with Crippen molar-refractivity contribution in [3.63, 3.8) is 0 Å². The third-order valence-electron chi connectivity index (χ3n) is 6.74. The molecule has 0 aromatic carbocycles. The molecule has 0 saturated heterocycles. The van der Waals surface area contributed by atoms with Crippen molar-refractivity contribution < 1.29 is 4.79 Å². The van der Waals surface area contributed by atoms with E-state index in [1.54, 1.807) is 22.8 Å². The Kier molecular flexibility index (Phi) is 6.05. The highest BCUT2D eigenvalue weighted by atomic mass is 16.2. The average Bonchev–Trinajstić information content (AvgIpc) is 3.28. The van der Waals surface area contributed by atoms with Crippen LogP contribution in [0.5, 0.6) is 0 Å². The average molecular weight is 502 g/mol. The smallest absolute Gasteiger partial charge is 0.262 e. The number of fused-ring (bicyclic) bond motifs is 2. The van der Waals surface area contributed by atoms with Crippen molar-refractivity contribution >= 4 is 22.8 Å². The van der Waals surface area contributed by atoms with Crippen LogP contribution in [-0.2, 0) is 24.8 Å². The third kappa shape index (κ3) is 4.47. The van der Waals surface area contributed by atoms with Crippen molar-refractivity contribution in [1.29, 1.82) is 0 Å². The number of hydrogen-bond acceptors (Lipinski definition) is 6. The molecule has 192 valence electrons. The Labute approximate surface area is 213 Å². The predicted molar refractivity (Wildman–Crippen MR) is 142 cm³/mol. The van der Waals surface area contributed by atoms with Gasteiger partial charge in [-0.25, -0.2) is 9.97 Å². The van der Waals surface area contributed by atoms with E-state index >= 15 is 0 Å². The number of rotatable bonds is 4. The zero-order valence-electron chi connectivity index (χ0n) is 21.8. The summed E-state index contributed by atoms with van der Waals surface area (Å²) in [6.07, 6.45) is 4.90. The number of anilines is 1. The van der Waals surface area contributed by atoms with E-state index in [1.165, 1.54) is 10.9 Å². The standard InChI is InChI=1S/C27H31N7O3/c1-6-33-14-18(22(35)17-12-11-15(2)28-23(17)33)25(37)30-21-13-20(27(3,4)5)32-34(21)26-29-19-10-8-7-9-16(19)24(36)31-26/h11-14H,6-10H2,1-5H3,(H,30,37)(H,29,31,36). The molecular formula is C27H31N7O3. The Bertz CT molecular complexity index is 1650. The Morgan fingerprint density at radius 2 is 1.89 bits per heavy atom. The second kappa shape index (κ2) is 9.10. The lowest BCUT2D eigenvalue weighted by Gasteiger charge is -2.16. The molecule has 4 aromatic heterocycles. The van der Waals surface area contributed by atoms with Gasteiger partial charge in [-0.05, 0) is 51.7 Å². The summed E-state index contributed by atoms with van der Waals surface area (Å²) in [5.74, 6) is -0.0180. The monoisotopic (exact) mass is 501 g/mol. The second-order valence-electron chi connectivity index (χ2n) is 10.5. The Balaban J connectivity index is 1.61. The molecule has 0 unspecified atom stereocenters. The van der Waals surface area contributed by atoms with Gasteiger partial charge in [-0.1, -0.05) is 20.8 Å². The summed E-state index contributed by atoms with van der Waals surface area (Å²) in [4.78, 5) is 51.6. The zero-order chi connectivity index (χ0) is 26.5. The van der Waals surface area contributed by atoms with Gasteiger partial charge in [0.15, 0.2) is 0 Å². The maximum Gasteiger partial charge on any atom is 0.262 e. The highest BCUT2D eigenvalue weighted by molar-refractivity contribution is 6.05. The number of nitrogens with one attached hydrogen (secondary N) is 2. The molecule has 1 amide bonds. The van der Waals surface area contributed by atoms with Gasteiger partial charge in [0.1, 0.15) is 17.0 Å².